The molecule has 3 aromatic rings. The molecular weight excluding hydrogens is 386 g/mol. The summed E-state index contributed by atoms with van der Waals surface area (Å²) in [4.78, 5) is 26.8. The molecule has 1 aliphatic rings. The van der Waals surface area contributed by atoms with Crippen LogP contribution in [0.5, 0.6) is 5.75 Å². The van der Waals surface area contributed by atoms with Crippen molar-refractivity contribution in [1.29, 1.82) is 0 Å². The van der Waals surface area contributed by atoms with Crippen LogP contribution in [-0.2, 0) is 20.9 Å². The average molecular weight is 409 g/mol. The number of benzene rings is 2. The van der Waals surface area contributed by atoms with Crippen molar-refractivity contribution in [2.75, 3.05) is 26.3 Å². The van der Waals surface area contributed by atoms with Gasteiger partial charge in [-0.05, 0) is 25.1 Å². The molecule has 7 heteroatoms. The Morgan fingerprint density at radius 1 is 1.10 bits per heavy atom. The number of carbonyl (C=O) groups is 2. The van der Waals surface area contributed by atoms with E-state index in [0.717, 1.165) is 5.39 Å². The molecular formula is C23H23NO6. The molecule has 2 aromatic carbocycles. The number of ether oxygens (including phenoxy) is 3. The number of amides is 1. The fourth-order valence-electron chi connectivity index (χ4n) is 3.41. The lowest BCUT2D eigenvalue weighted by Crippen LogP contribution is -2.46. The monoisotopic (exact) mass is 409 g/mol. The lowest BCUT2D eigenvalue weighted by atomic mass is 10.1. The Hall–Kier alpha value is -3.32. The number of rotatable bonds is 6. The fraction of sp³-hybridized carbons (Fsp3) is 0.304. The van der Waals surface area contributed by atoms with Gasteiger partial charge in [-0.25, -0.2) is 4.79 Å². The van der Waals surface area contributed by atoms with Gasteiger partial charge >= 0.3 is 5.97 Å². The number of fused-ring (bicyclic) bond motifs is 1. The van der Waals surface area contributed by atoms with Crippen LogP contribution in [0.15, 0.2) is 59.0 Å². The highest BCUT2D eigenvalue weighted by Crippen LogP contribution is 2.28. The van der Waals surface area contributed by atoms with Crippen LogP contribution in [0.1, 0.15) is 23.0 Å². The van der Waals surface area contributed by atoms with E-state index < -0.39 is 5.97 Å². The quantitative estimate of drug-likeness (QED) is 0.581. The molecule has 1 amide bonds. The minimum Gasteiger partial charge on any atom is -0.489 e. The molecule has 2 heterocycles. The molecule has 7 nitrogen and oxygen atoms in total. The Morgan fingerprint density at radius 2 is 1.87 bits per heavy atom. The standard InChI is InChI=1S/C23H23NO6/c1-16-13-24(11-12-27-16)21(25)15-29-23(26)22-19(14-28-17-7-3-2-4-8-17)18-9-5-6-10-20(18)30-22/h2-10,16H,11-15H2,1H3. The predicted octanol–water partition coefficient (Wildman–Crippen LogP) is 3.42. The summed E-state index contributed by atoms with van der Waals surface area (Å²) in [5, 5.41) is 0.772. The lowest BCUT2D eigenvalue weighted by Gasteiger charge is -2.30. The summed E-state index contributed by atoms with van der Waals surface area (Å²) in [6, 6.07) is 16.6. The van der Waals surface area contributed by atoms with Crippen molar-refractivity contribution >= 4 is 22.8 Å². The maximum Gasteiger partial charge on any atom is 0.375 e. The molecule has 30 heavy (non-hydrogen) atoms. The van der Waals surface area contributed by atoms with Gasteiger partial charge in [0.1, 0.15) is 17.9 Å². The van der Waals surface area contributed by atoms with Gasteiger partial charge in [0.15, 0.2) is 6.61 Å². The maximum atomic E-state index is 12.7. The minimum atomic E-state index is -0.687. The zero-order valence-corrected chi connectivity index (χ0v) is 16.7. The molecule has 156 valence electrons. The number of nitrogens with zero attached hydrogens (tertiary/aromatic N) is 1. The lowest BCUT2D eigenvalue weighted by molar-refractivity contribution is -0.141. The fourth-order valence-corrected chi connectivity index (χ4v) is 3.41. The Labute approximate surface area is 174 Å². The zero-order valence-electron chi connectivity index (χ0n) is 16.7. The molecule has 0 aliphatic carbocycles. The summed E-state index contributed by atoms with van der Waals surface area (Å²) < 4.78 is 22.3. The first kappa shape index (κ1) is 20.0. The smallest absolute Gasteiger partial charge is 0.375 e. The largest absolute Gasteiger partial charge is 0.489 e. The number of furan rings is 1. The molecule has 0 saturated carbocycles. The number of para-hydroxylation sites is 2. The van der Waals surface area contributed by atoms with Gasteiger partial charge in [-0.2, -0.15) is 0 Å². The summed E-state index contributed by atoms with van der Waals surface area (Å²) in [7, 11) is 0. The molecule has 0 radical (unpaired) electrons. The number of hydrogen-bond donors (Lipinski definition) is 0. The van der Waals surface area contributed by atoms with Crippen molar-refractivity contribution in [2.45, 2.75) is 19.6 Å². The van der Waals surface area contributed by atoms with Crippen LogP contribution in [0.4, 0.5) is 0 Å². The van der Waals surface area contributed by atoms with E-state index in [1.165, 1.54) is 0 Å². The van der Waals surface area contributed by atoms with Crippen LogP contribution in [0.25, 0.3) is 11.0 Å². The van der Waals surface area contributed by atoms with E-state index in [1.54, 1.807) is 11.0 Å². The van der Waals surface area contributed by atoms with Crippen LogP contribution in [-0.4, -0.2) is 49.2 Å². The number of esters is 1. The van der Waals surface area contributed by atoms with Crippen molar-refractivity contribution in [3.63, 3.8) is 0 Å². The van der Waals surface area contributed by atoms with Gasteiger partial charge in [0.2, 0.25) is 5.76 Å². The van der Waals surface area contributed by atoms with Gasteiger partial charge in [0.25, 0.3) is 5.91 Å². The van der Waals surface area contributed by atoms with E-state index >= 15 is 0 Å². The topological polar surface area (TPSA) is 78.2 Å². The maximum absolute atomic E-state index is 12.7. The van der Waals surface area contributed by atoms with Crippen LogP contribution in [0, 0.1) is 0 Å². The Morgan fingerprint density at radius 3 is 2.67 bits per heavy atom. The van der Waals surface area contributed by atoms with Gasteiger partial charge in [-0.15, -0.1) is 0 Å². The molecule has 1 saturated heterocycles. The normalized spacial score (nSPS) is 16.4. The molecule has 0 N–H and O–H groups in total. The number of carbonyl (C=O) groups excluding carboxylic acids is 2. The second kappa shape index (κ2) is 9.00. The van der Waals surface area contributed by atoms with E-state index in [1.807, 2.05) is 55.5 Å². The highest BCUT2D eigenvalue weighted by atomic mass is 16.5. The van der Waals surface area contributed by atoms with Crippen LogP contribution < -0.4 is 4.74 Å². The third-order valence-electron chi connectivity index (χ3n) is 4.93. The zero-order chi connectivity index (χ0) is 20.9. The first-order chi connectivity index (χ1) is 14.6. The van der Waals surface area contributed by atoms with Gasteiger partial charge in [0, 0.05) is 18.5 Å². The summed E-state index contributed by atoms with van der Waals surface area (Å²) in [5.41, 5.74) is 1.15. The van der Waals surface area contributed by atoms with E-state index in [9.17, 15) is 9.59 Å². The highest BCUT2D eigenvalue weighted by molar-refractivity contribution is 5.96. The van der Waals surface area contributed by atoms with Gasteiger partial charge in [-0.1, -0.05) is 36.4 Å². The summed E-state index contributed by atoms with van der Waals surface area (Å²) in [6.07, 6.45) is -0.0319. The second-order valence-corrected chi connectivity index (χ2v) is 7.10. The molecule has 0 bridgehead atoms. The summed E-state index contributed by atoms with van der Waals surface area (Å²) in [6.45, 7) is 3.14. The number of morpholine rings is 1. The summed E-state index contributed by atoms with van der Waals surface area (Å²) in [5.74, 6) is -0.210. The van der Waals surface area contributed by atoms with Crippen molar-refractivity contribution < 1.29 is 28.2 Å². The Kier molecular flexibility index (Phi) is 5.99. The predicted molar refractivity (Wildman–Crippen MR) is 109 cm³/mol. The second-order valence-electron chi connectivity index (χ2n) is 7.10. The van der Waals surface area contributed by atoms with Crippen LogP contribution >= 0.6 is 0 Å². The van der Waals surface area contributed by atoms with E-state index in [4.69, 9.17) is 18.6 Å². The van der Waals surface area contributed by atoms with Crippen LogP contribution in [0.3, 0.4) is 0 Å². The van der Waals surface area contributed by atoms with E-state index in [-0.39, 0.29) is 31.0 Å². The first-order valence-electron chi connectivity index (χ1n) is 9.86. The molecule has 4 rings (SSSR count). The van der Waals surface area contributed by atoms with Crippen molar-refractivity contribution in [1.82, 2.24) is 4.90 Å². The highest BCUT2D eigenvalue weighted by Gasteiger charge is 2.26. The Balaban J connectivity index is 1.48. The van der Waals surface area contributed by atoms with Gasteiger partial charge in [-0.3, -0.25) is 4.79 Å². The minimum absolute atomic E-state index is 0.0319. The van der Waals surface area contributed by atoms with E-state index in [2.05, 4.69) is 0 Å². The molecule has 1 aliphatic heterocycles. The molecule has 1 aromatic heterocycles. The number of hydrogen-bond acceptors (Lipinski definition) is 6. The SMILES string of the molecule is CC1CN(C(=O)COC(=O)c2oc3ccccc3c2COc2ccccc2)CCO1. The molecule has 1 unspecified atom stereocenters. The van der Waals surface area contributed by atoms with Gasteiger partial charge in [0.05, 0.1) is 18.3 Å². The molecule has 1 fully saturated rings. The van der Waals surface area contributed by atoms with Gasteiger partial charge < -0.3 is 23.5 Å². The van der Waals surface area contributed by atoms with Crippen molar-refractivity contribution in [3.05, 3.63) is 65.9 Å². The first-order valence-corrected chi connectivity index (χ1v) is 9.86. The van der Waals surface area contributed by atoms with Crippen LogP contribution in [0.2, 0.25) is 0 Å². The Bertz CT molecular complexity index is 1030. The summed E-state index contributed by atoms with van der Waals surface area (Å²) >= 11 is 0. The third-order valence-corrected chi connectivity index (χ3v) is 4.93. The van der Waals surface area contributed by atoms with Crippen molar-refractivity contribution in [3.8, 4) is 5.75 Å². The third kappa shape index (κ3) is 4.46. The van der Waals surface area contributed by atoms with E-state index in [0.29, 0.717) is 36.6 Å². The molecule has 1 atom stereocenters. The van der Waals surface area contributed by atoms with Crippen molar-refractivity contribution in [2.24, 2.45) is 0 Å². The molecule has 0 spiro atoms. The average Bonchev–Trinajstić information content (AvgIpc) is 3.15.